The standard InChI is InChI=1S/C20H28N4OS/c1-21-20(22-15-18(25-2)16-7-4-3-5-8-16)23-17-10-12-24(13-11-17)19-9-6-14-26-19/h3-9,14,17-18H,10-13,15H2,1-2H3,(H2,21,22,23). The number of hydrogen-bond donors (Lipinski definition) is 2. The molecular formula is C20H28N4OS. The second-order valence-electron chi connectivity index (χ2n) is 6.45. The number of anilines is 1. The molecule has 1 unspecified atom stereocenters. The first kappa shape index (κ1) is 18.7. The molecule has 0 bridgehead atoms. The van der Waals surface area contributed by atoms with Gasteiger partial charge < -0.3 is 20.3 Å². The normalized spacial score (nSPS) is 17.2. The zero-order valence-corrected chi connectivity index (χ0v) is 16.3. The maximum Gasteiger partial charge on any atom is 0.191 e. The third-order valence-corrected chi connectivity index (χ3v) is 5.72. The van der Waals surface area contributed by atoms with E-state index in [1.165, 1.54) is 10.6 Å². The quantitative estimate of drug-likeness (QED) is 0.604. The minimum absolute atomic E-state index is 0.00965. The van der Waals surface area contributed by atoms with E-state index >= 15 is 0 Å². The number of aliphatic imine (C=N–C) groups is 1. The number of ether oxygens (including phenoxy) is 1. The Morgan fingerprint density at radius 3 is 2.62 bits per heavy atom. The van der Waals surface area contributed by atoms with Gasteiger partial charge in [0.25, 0.3) is 0 Å². The average Bonchev–Trinajstić information content (AvgIpc) is 3.23. The van der Waals surface area contributed by atoms with E-state index in [-0.39, 0.29) is 6.10 Å². The summed E-state index contributed by atoms with van der Waals surface area (Å²) in [5, 5.41) is 10.5. The smallest absolute Gasteiger partial charge is 0.191 e. The third kappa shape index (κ3) is 4.99. The monoisotopic (exact) mass is 372 g/mol. The lowest BCUT2D eigenvalue weighted by atomic mass is 10.1. The summed E-state index contributed by atoms with van der Waals surface area (Å²) in [4.78, 5) is 6.85. The Labute approximate surface area is 160 Å². The Morgan fingerprint density at radius 2 is 2.00 bits per heavy atom. The Morgan fingerprint density at radius 1 is 1.23 bits per heavy atom. The Bertz CT molecular complexity index is 666. The lowest BCUT2D eigenvalue weighted by Crippen LogP contribution is -2.49. The van der Waals surface area contributed by atoms with E-state index in [4.69, 9.17) is 4.74 Å². The molecule has 140 valence electrons. The summed E-state index contributed by atoms with van der Waals surface area (Å²) in [6.45, 7) is 2.86. The predicted octanol–water partition coefficient (Wildman–Crippen LogP) is 3.27. The molecule has 3 rings (SSSR count). The van der Waals surface area contributed by atoms with Gasteiger partial charge in [0, 0.05) is 39.8 Å². The van der Waals surface area contributed by atoms with Gasteiger partial charge in [-0.3, -0.25) is 4.99 Å². The lowest BCUT2D eigenvalue weighted by molar-refractivity contribution is 0.106. The minimum Gasteiger partial charge on any atom is -0.375 e. The highest BCUT2D eigenvalue weighted by atomic mass is 32.1. The Hall–Kier alpha value is -2.05. The van der Waals surface area contributed by atoms with Crippen LogP contribution >= 0.6 is 11.3 Å². The first-order valence-electron chi connectivity index (χ1n) is 9.13. The van der Waals surface area contributed by atoms with Gasteiger partial charge in [-0.1, -0.05) is 30.3 Å². The van der Waals surface area contributed by atoms with E-state index < -0.39 is 0 Å². The van der Waals surface area contributed by atoms with Gasteiger partial charge in [0.1, 0.15) is 0 Å². The molecule has 0 aliphatic carbocycles. The summed E-state index contributed by atoms with van der Waals surface area (Å²) in [5.41, 5.74) is 1.17. The average molecular weight is 373 g/mol. The van der Waals surface area contributed by atoms with Crippen LogP contribution < -0.4 is 15.5 Å². The summed E-state index contributed by atoms with van der Waals surface area (Å²) in [5.74, 6) is 0.845. The summed E-state index contributed by atoms with van der Waals surface area (Å²) >= 11 is 1.82. The summed E-state index contributed by atoms with van der Waals surface area (Å²) in [6.07, 6.45) is 2.24. The fraction of sp³-hybridized carbons (Fsp3) is 0.450. The molecule has 0 amide bonds. The number of benzene rings is 1. The van der Waals surface area contributed by atoms with Crippen molar-refractivity contribution in [2.24, 2.45) is 4.99 Å². The van der Waals surface area contributed by atoms with Gasteiger partial charge in [0.15, 0.2) is 5.96 Å². The second-order valence-corrected chi connectivity index (χ2v) is 7.37. The molecule has 1 saturated heterocycles. The number of nitrogens with zero attached hydrogens (tertiary/aromatic N) is 2. The van der Waals surface area contributed by atoms with Gasteiger partial charge >= 0.3 is 0 Å². The van der Waals surface area contributed by atoms with E-state index in [9.17, 15) is 0 Å². The molecule has 26 heavy (non-hydrogen) atoms. The Balaban J connectivity index is 1.46. The van der Waals surface area contributed by atoms with Crippen LogP contribution in [0.25, 0.3) is 0 Å². The number of methoxy groups -OCH3 is 1. The molecule has 0 saturated carbocycles. The number of thiophene rings is 1. The van der Waals surface area contributed by atoms with Crippen LogP contribution in [0.3, 0.4) is 0 Å². The van der Waals surface area contributed by atoms with Gasteiger partial charge in [0.2, 0.25) is 0 Å². The molecule has 2 N–H and O–H groups in total. The van der Waals surface area contributed by atoms with Crippen molar-refractivity contribution in [2.75, 3.05) is 38.7 Å². The van der Waals surface area contributed by atoms with Crippen molar-refractivity contribution < 1.29 is 4.74 Å². The molecule has 2 heterocycles. The molecule has 1 aliphatic rings. The second kappa shape index (κ2) is 9.59. The Kier molecular flexibility index (Phi) is 6.91. The van der Waals surface area contributed by atoms with Crippen LogP contribution in [0.5, 0.6) is 0 Å². The van der Waals surface area contributed by atoms with E-state index in [0.29, 0.717) is 12.6 Å². The van der Waals surface area contributed by atoms with Crippen molar-refractivity contribution >= 4 is 22.3 Å². The van der Waals surface area contributed by atoms with Gasteiger partial charge in [-0.05, 0) is 35.9 Å². The van der Waals surface area contributed by atoms with Crippen molar-refractivity contribution in [1.29, 1.82) is 0 Å². The number of hydrogen-bond acceptors (Lipinski definition) is 4. The topological polar surface area (TPSA) is 48.9 Å². The highest BCUT2D eigenvalue weighted by Crippen LogP contribution is 2.24. The van der Waals surface area contributed by atoms with Crippen molar-refractivity contribution in [3.8, 4) is 0 Å². The van der Waals surface area contributed by atoms with Crippen LogP contribution in [0.15, 0.2) is 52.8 Å². The zero-order valence-electron chi connectivity index (χ0n) is 15.5. The molecule has 0 spiro atoms. The van der Waals surface area contributed by atoms with E-state index in [1.54, 1.807) is 7.11 Å². The van der Waals surface area contributed by atoms with E-state index in [1.807, 2.05) is 36.6 Å². The number of guanidine groups is 1. The largest absolute Gasteiger partial charge is 0.375 e. The summed E-state index contributed by atoms with van der Waals surface area (Å²) in [6, 6.07) is 15.1. The fourth-order valence-corrected chi connectivity index (χ4v) is 4.06. The molecule has 1 aromatic heterocycles. The predicted molar refractivity (Wildman–Crippen MR) is 110 cm³/mol. The number of piperidine rings is 1. The first-order chi connectivity index (χ1) is 12.8. The van der Waals surface area contributed by atoms with Crippen LogP contribution in [-0.2, 0) is 4.74 Å². The van der Waals surface area contributed by atoms with Crippen molar-refractivity contribution in [1.82, 2.24) is 10.6 Å². The van der Waals surface area contributed by atoms with E-state index in [2.05, 4.69) is 50.2 Å². The van der Waals surface area contributed by atoms with Crippen molar-refractivity contribution in [2.45, 2.75) is 25.0 Å². The lowest BCUT2D eigenvalue weighted by Gasteiger charge is -2.33. The number of nitrogens with one attached hydrogen (secondary N) is 2. The molecule has 1 atom stereocenters. The van der Waals surface area contributed by atoms with Crippen LogP contribution in [0.4, 0.5) is 5.00 Å². The molecule has 1 aliphatic heterocycles. The molecular weight excluding hydrogens is 344 g/mol. The molecule has 1 fully saturated rings. The van der Waals surface area contributed by atoms with Gasteiger partial charge in [-0.2, -0.15) is 0 Å². The molecule has 1 aromatic carbocycles. The highest BCUT2D eigenvalue weighted by Gasteiger charge is 2.21. The summed E-state index contributed by atoms with van der Waals surface area (Å²) in [7, 11) is 3.57. The highest BCUT2D eigenvalue weighted by molar-refractivity contribution is 7.14. The van der Waals surface area contributed by atoms with Crippen molar-refractivity contribution in [3.05, 3.63) is 53.4 Å². The maximum absolute atomic E-state index is 5.63. The zero-order chi connectivity index (χ0) is 18.2. The molecule has 5 nitrogen and oxygen atoms in total. The molecule has 6 heteroatoms. The van der Waals surface area contributed by atoms with E-state index in [0.717, 1.165) is 31.9 Å². The van der Waals surface area contributed by atoms with Crippen LogP contribution in [-0.4, -0.2) is 45.8 Å². The third-order valence-electron chi connectivity index (χ3n) is 4.79. The van der Waals surface area contributed by atoms with Gasteiger partial charge in [-0.25, -0.2) is 0 Å². The number of rotatable bonds is 6. The molecule has 0 radical (unpaired) electrons. The maximum atomic E-state index is 5.63. The SMILES string of the molecule is CN=C(NCC(OC)c1ccccc1)NC1CCN(c2cccs2)CC1. The van der Waals surface area contributed by atoms with Crippen LogP contribution in [0.2, 0.25) is 0 Å². The fourth-order valence-electron chi connectivity index (χ4n) is 3.28. The van der Waals surface area contributed by atoms with Gasteiger partial charge in [0.05, 0.1) is 11.1 Å². The minimum atomic E-state index is 0.00965. The van der Waals surface area contributed by atoms with Gasteiger partial charge in [-0.15, -0.1) is 11.3 Å². The van der Waals surface area contributed by atoms with Crippen LogP contribution in [0, 0.1) is 0 Å². The molecule has 2 aromatic rings. The first-order valence-corrected chi connectivity index (χ1v) is 10.0. The summed E-state index contributed by atoms with van der Waals surface area (Å²) < 4.78 is 5.63. The van der Waals surface area contributed by atoms with Crippen LogP contribution in [0.1, 0.15) is 24.5 Å². The van der Waals surface area contributed by atoms with Crippen molar-refractivity contribution in [3.63, 3.8) is 0 Å².